The van der Waals surface area contributed by atoms with Crippen LogP contribution < -0.4 is 0 Å². The van der Waals surface area contributed by atoms with Gasteiger partial charge in [-0.05, 0) is 28.9 Å². The van der Waals surface area contributed by atoms with Gasteiger partial charge in [0.25, 0.3) is 0 Å². The molecule has 2 nitrogen and oxygen atoms in total. The maximum atomic E-state index is 8.74. The van der Waals surface area contributed by atoms with Crippen LogP contribution >= 0.6 is 27.3 Å². The number of thiophene rings is 1. The highest BCUT2D eigenvalue weighted by Crippen LogP contribution is 2.27. The number of halogens is 1. The van der Waals surface area contributed by atoms with E-state index in [0.29, 0.717) is 6.61 Å². The third-order valence-corrected chi connectivity index (χ3v) is 3.03. The minimum Gasteiger partial charge on any atom is -0.358 e. The number of ether oxygens (including phenoxy) is 1. The van der Waals surface area contributed by atoms with Crippen LogP contribution in [0.2, 0.25) is 0 Å². The Morgan fingerprint density at radius 1 is 1.83 bits per heavy atom. The molecule has 0 amide bonds. The second kappa shape index (κ2) is 4.61. The maximum absolute atomic E-state index is 8.74. The summed E-state index contributed by atoms with van der Waals surface area (Å²) in [5.41, 5.74) is 0. The van der Waals surface area contributed by atoms with E-state index in [2.05, 4.69) is 22.0 Å². The van der Waals surface area contributed by atoms with Crippen LogP contribution in [-0.4, -0.2) is 6.61 Å². The molecule has 0 aliphatic rings. The summed E-state index contributed by atoms with van der Waals surface area (Å²) in [6, 6.07) is 4.01. The molecule has 1 atom stereocenters. The smallest absolute Gasteiger partial charge is 0.178 e. The first-order chi connectivity index (χ1) is 5.77. The summed E-state index contributed by atoms with van der Waals surface area (Å²) in [6.07, 6.45) is -0.411. The van der Waals surface area contributed by atoms with Gasteiger partial charge in [0.15, 0.2) is 6.10 Å². The molecular formula is C8H8BrNOS. The van der Waals surface area contributed by atoms with E-state index in [1.807, 2.05) is 18.4 Å². The Balaban J connectivity index is 2.74. The Bertz CT molecular complexity index is 291. The van der Waals surface area contributed by atoms with Crippen LogP contribution in [0.25, 0.3) is 0 Å². The second-order valence-corrected chi connectivity index (χ2v) is 3.99. The number of rotatable bonds is 3. The molecule has 1 unspecified atom stereocenters. The highest BCUT2D eigenvalue weighted by atomic mass is 79.9. The number of hydrogen-bond acceptors (Lipinski definition) is 3. The molecule has 0 spiro atoms. The predicted molar refractivity (Wildman–Crippen MR) is 52.0 cm³/mol. The van der Waals surface area contributed by atoms with Gasteiger partial charge < -0.3 is 4.74 Å². The Labute approximate surface area is 83.9 Å². The van der Waals surface area contributed by atoms with Gasteiger partial charge in [0.05, 0.1) is 0 Å². The molecule has 0 aliphatic heterocycles. The highest BCUT2D eigenvalue weighted by Gasteiger charge is 2.11. The van der Waals surface area contributed by atoms with Crippen LogP contribution in [0.4, 0.5) is 0 Å². The molecule has 0 N–H and O–H groups in total. The van der Waals surface area contributed by atoms with E-state index in [4.69, 9.17) is 10.00 Å². The molecule has 1 heterocycles. The van der Waals surface area contributed by atoms with Crippen molar-refractivity contribution in [3.05, 3.63) is 20.8 Å². The molecule has 0 saturated carbocycles. The van der Waals surface area contributed by atoms with Crippen molar-refractivity contribution in [1.29, 1.82) is 5.26 Å². The lowest BCUT2D eigenvalue weighted by Gasteiger charge is -2.04. The SMILES string of the molecule is CCOC(C#N)c1cc(Br)cs1. The lowest BCUT2D eigenvalue weighted by Crippen LogP contribution is -1.98. The minimum atomic E-state index is -0.411. The van der Waals surface area contributed by atoms with Crippen molar-refractivity contribution < 1.29 is 4.74 Å². The molecule has 0 fully saturated rings. The first-order valence-electron chi connectivity index (χ1n) is 3.53. The summed E-state index contributed by atoms with van der Waals surface area (Å²) in [7, 11) is 0. The van der Waals surface area contributed by atoms with Crippen LogP contribution in [0, 0.1) is 11.3 Å². The summed E-state index contributed by atoms with van der Waals surface area (Å²) >= 11 is 4.85. The van der Waals surface area contributed by atoms with Gasteiger partial charge in [0, 0.05) is 21.3 Å². The third kappa shape index (κ3) is 2.31. The van der Waals surface area contributed by atoms with E-state index in [0.717, 1.165) is 9.35 Å². The van der Waals surface area contributed by atoms with E-state index >= 15 is 0 Å². The molecule has 64 valence electrons. The normalized spacial score (nSPS) is 12.4. The zero-order valence-electron chi connectivity index (χ0n) is 6.58. The molecule has 0 bridgehead atoms. The molecule has 1 aromatic heterocycles. The van der Waals surface area contributed by atoms with E-state index in [1.165, 1.54) is 11.3 Å². The fourth-order valence-electron chi connectivity index (χ4n) is 0.815. The third-order valence-electron chi connectivity index (χ3n) is 1.30. The number of nitriles is 1. The van der Waals surface area contributed by atoms with Crippen molar-refractivity contribution in [3.63, 3.8) is 0 Å². The highest BCUT2D eigenvalue weighted by molar-refractivity contribution is 9.10. The average molecular weight is 246 g/mol. The van der Waals surface area contributed by atoms with E-state index < -0.39 is 6.10 Å². The molecule has 0 aromatic carbocycles. The van der Waals surface area contributed by atoms with E-state index in [-0.39, 0.29) is 0 Å². The average Bonchev–Trinajstić information content (AvgIpc) is 2.47. The van der Waals surface area contributed by atoms with Crippen molar-refractivity contribution in [3.8, 4) is 6.07 Å². The van der Waals surface area contributed by atoms with Crippen molar-refractivity contribution in [2.24, 2.45) is 0 Å². The van der Waals surface area contributed by atoms with Gasteiger partial charge in [-0.2, -0.15) is 5.26 Å². The molecular weight excluding hydrogens is 238 g/mol. The second-order valence-electron chi connectivity index (χ2n) is 2.13. The van der Waals surface area contributed by atoms with E-state index in [9.17, 15) is 0 Å². The Kier molecular flexibility index (Phi) is 3.73. The maximum Gasteiger partial charge on any atom is 0.178 e. The van der Waals surface area contributed by atoms with Crippen molar-refractivity contribution in [1.82, 2.24) is 0 Å². The number of nitrogens with zero attached hydrogens (tertiary/aromatic N) is 1. The molecule has 1 aromatic rings. The zero-order valence-corrected chi connectivity index (χ0v) is 8.98. The topological polar surface area (TPSA) is 33.0 Å². The fourth-order valence-corrected chi connectivity index (χ4v) is 2.25. The van der Waals surface area contributed by atoms with Crippen molar-refractivity contribution in [2.75, 3.05) is 6.61 Å². The largest absolute Gasteiger partial charge is 0.358 e. The van der Waals surface area contributed by atoms with Gasteiger partial charge in [-0.15, -0.1) is 11.3 Å². The number of hydrogen-bond donors (Lipinski definition) is 0. The van der Waals surface area contributed by atoms with Gasteiger partial charge >= 0.3 is 0 Å². The zero-order chi connectivity index (χ0) is 8.97. The molecule has 0 radical (unpaired) electrons. The van der Waals surface area contributed by atoms with E-state index in [1.54, 1.807) is 0 Å². The molecule has 4 heteroatoms. The molecule has 0 aliphatic carbocycles. The Morgan fingerprint density at radius 3 is 3.00 bits per heavy atom. The summed E-state index contributed by atoms with van der Waals surface area (Å²) in [5, 5.41) is 10.7. The molecule has 12 heavy (non-hydrogen) atoms. The Hall–Kier alpha value is -0.370. The summed E-state index contributed by atoms with van der Waals surface area (Å²) in [6.45, 7) is 2.45. The van der Waals surface area contributed by atoms with Gasteiger partial charge in [-0.3, -0.25) is 0 Å². The Morgan fingerprint density at radius 2 is 2.58 bits per heavy atom. The lowest BCUT2D eigenvalue weighted by atomic mass is 10.3. The van der Waals surface area contributed by atoms with Crippen LogP contribution in [0.3, 0.4) is 0 Å². The van der Waals surface area contributed by atoms with Crippen LogP contribution in [0.1, 0.15) is 17.9 Å². The predicted octanol–water partition coefficient (Wildman–Crippen LogP) is 3.11. The summed E-state index contributed by atoms with van der Waals surface area (Å²) < 4.78 is 6.22. The first kappa shape index (κ1) is 9.72. The standard InChI is InChI=1S/C8H8BrNOS/c1-2-11-7(4-10)8-3-6(9)5-12-8/h3,5,7H,2H2,1H3. The molecule has 0 saturated heterocycles. The van der Waals surface area contributed by atoms with Crippen molar-refractivity contribution in [2.45, 2.75) is 13.0 Å². The summed E-state index contributed by atoms with van der Waals surface area (Å²) in [4.78, 5) is 0.950. The lowest BCUT2D eigenvalue weighted by molar-refractivity contribution is 0.104. The monoisotopic (exact) mass is 245 g/mol. The van der Waals surface area contributed by atoms with Crippen molar-refractivity contribution >= 4 is 27.3 Å². The minimum absolute atomic E-state index is 0.411. The van der Waals surface area contributed by atoms with Crippen LogP contribution in [-0.2, 0) is 4.74 Å². The van der Waals surface area contributed by atoms with Gasteiger partial charge in [-0.25, -0.2) is 0 Å². The first-order valence-corrected chi connectivity index (χ1v) is 5.20. The molecule has 1 rings (SSSR count). The van der Waals surface area contributed by atoms with Gasteiger partial charge in [0.2, 0.25) is 0 Å². The fraction of sp³-hybridized carbons (Fsp3) is 0.375. The van der Waals surface area contributed by atoms with Crippen LogP contribution in [0.15, 0.2) is 15.9 Å². The van der Waals surface area contributed by atoms with Crippen LogP contribution in [0.5, 0.6) is 0 Å². The van der Waals surface area contributed by atoms with Gasteiger partial charge in [0.1, 0.15) is 6.07 Å². The quantitative estimate of drug-likeness (QED) is 0.820. The van der Waals surface area contributed by atoms with Gasteiger partial charge in [-0.1, -0.05) is 0 Å². The summed E-state index contributed by atoms with van der Waals surface area (Å²) in [5.74, 6) is 0.